The molecule has 1 aliphatic carbocycles. The first-order valence-corrected chi connectivity index (χ1v) is 7.20. The van der Waals surface area contributed by atoms with Crippen LogP contribution in [-0.4, -0.2) is 41.4 Å². The summed E-state index contributed by atoms with van der Waals surface area (Å²) in [6, 6.07) is 1.97. The molecule has 108 valence electrons. The molecule has 5 nitrogen and oxygen atoms in total. The Kier molecular flexibility index (Phi) is 3.38. The zero-order valence-electron chi connectivity index (χ0n) is 11.9. The van der Waals surface area contributed by atoms with Crippen molar-refractivity contribution in [3.63, 3.8) is 0 Å². The fraction of sp³-hybridized carbons (Fsp3) is 0.600. The van der Waals surface area contributed by atoms with Crippen molar-refractivity contribution in [1.82, 2.24) is 4.98 Å². The second kappa shape index (κ2) is 5.05. The Morgan fingerprint density at radius 1 is 1.45 bits per heavy atom. The minimum Gasteiger partial charge on any atom is -0.478 e. The van der Waals surface area contributed by atoms with Crippen LogP contribution >= 0.6 is 0 Å². The van der Waals surface area contributed by atoms with E-state index >= 15 is 0 Å². The largest absolute Gasteiger partial charge is 0.478 e. The molecule has 2 heterocycles. The van der Waals surface area contributed by atoms with E-state index in [0.29, 0.717) is 24.5 Å². The second-order valence-corrected chi connectivity index (χ2v) is 5.77. The number of anilines is 1. The highest BCUT2D eigenvalue weighted by atomic mass is 16.5. The van der Waals surface area contributed by atoms with Crippen LogP contribution in [-0.2, 0) is 17.6 Å². The number of pyridine rings is 1. The Bertz CT molecular complexity index is 544. The van der Waals surface area contributed by atoms with E-state index in [1.165, 1.54) is 0 Å². The summed E-state index contributed by atoms with van der Waals surface area (Å²) in [5.74, 6) is -0.283. The lowest BCUT2D eigenvalue weighted by Gasteiger charge is -2.38. The highest BCUT2D eigenvalue weighted by Gasteiger charge is 2.29. The van der Waals surface area contributed by atoms with Crippen molar-refractivity contribution in [1.29, 1.82) is 0 Å². The maximum absolute atomic E-state index is 11.6. The van der Waals surface area contributed by atoms with Gasteiger partial charge in [-0.05, 0) is 44.7 Å². The number of fused-ring (bicyclic) bond motifs is 1. The van der Waals surface area contributed by atoms with E-state index in [2.05, 4.69) is 9.88 Å². The molecule has 1 fully saturated rings. The summed E-state index contributed by atoms with van der Waals surface area (Å²) in [7, 11) is 0. The van der Waals surface area contributed by atoms with Gasteiger partial charge in [0, 0.05) is 12.2 Å². The highest BCUT2D eigenvalue weighted by molar-refractivity contribution is 5.93. The molecular formula is C15H20N2O3. The van der Waals surface area contributed by atoms with E-state index < -0.39 is 5.97 Å². The number of carbonyl (C=O) groups is 1. The Balaban J connectivity index is 2.04. The molecule has 3 rings (SSSR count). The number of aryl methyl sites for hydroxylation is 2. The standard InChI is InChI=1S/C15H20N2O3/c1-9-8-20-10(2)7-17(9)14-12(15(18)19)6-11-4-3-5-13(11)16-14/h6,9-10H,3-5,7-8H2,1-2H3,(H,18,19). The third-order valence-corrected chi connectivity index (χ3v) is 4.14. The van der Waals surface area contributed by atoms with Crippen molar-refractivity contribution in [2.75, 3.05) is 18.1 Å². The van der Waals surface area contributed by atoms with Crippen LogP contribution in [0.3, 0.4) is 0 Å². The van der Waals surface area contributed by atoms with Gasteiger partial charge in [-0.2, -0.15) is 0 Å². The first kappa shape index (κ1) is 13.4. The fourth-order valence-electron chi connectivity index (χ4n) is 3.04. The molecule has 0 amide bonds. The van der Waals surface area contributed by atoms with E-state index in [9.17, 15) is 9.90 Å². The molecule has 1 aromatic heterocycles. The molecule has 2 unspecified atom stereocenters. The quantitative estimate of drug-likeness (QED) is 0.893. The van der Waals surface area contributed by atoms with Gasteiger partial charge in [-0.25, -0.2) is 9.78 Å². The summed E-state index contributed by atoms with van der Waals surface area (Å²) < 4.78 is 5.62. The summed E-state index contributed by atoms with van der Waals surface area (Å²) in [5, 5.41) is 9.48. The van der Waals surface area contributed by atoms with Crippen LogP contribution in [0.5, 0.6) is 0 Å². The lowest BCUT2D eigenvalue weighted by Crippen LogP contribution is -2.48. The monoisotopic (exact) mass is 276 g/mol. The molecule has 0 aromatic carbocycles. The van der Waals surface area contributed by atoms with Crippen molar-refractivity contribution in [2.24, 2.45) is 0 Å². The van der Waals surface area contributed by atoms with Gasteiger partial charge in [-0.15, -0.1) is 0 Å². The normalized spacial score (nSPS) is 25.6. The number of aromatic nitrogens is 1. The van der Waals surface area contributed by atoms with E-state index in [1.807, 2.05) is 19.9 Å². The Labute approximate surface area is 118 Å². The van der Waals surface area contributed by atoms with Crippen LogP contribution in [0, 0.1) is 0 Å². The minimum absolute atomic E-state index is 0.0999. The van der Waals surface area contributed by atoms with Crippen molar-refractivity contribution < 1.29 is 14.6 Å². The van der Waals surface area contributed by atoms with Crippen molar-refractivity contribution in [3.8, 4) is 0 Å². The zero-order chi connectivity index (χ0) is 14.3. The van der Waals surface area contributed by atoms with Gasteiger partial charge in [0.1, 0.15) is 11.4 Å². The highest BCUT2D eigenvalue weighted by Crippen LogP contribution is 2.30. The summed E-state index contributed by atoms with van der Waals surface area (Å²) in [5.41, 5.74) is 2.49. The molecule has 1 aromatic rings. The Morgan fingerprint density at radius 3 is 3.00 bits per heavy atom. The Morgan fingerprint density at radius 2 is 2.25 bits per heavy atom. The molecular weight excluding hydrogens is 256 g/mol. The number of hydrogen-bond donors (Lipinski definition) is 1. The SMILES string of the molecule is CC1CN(c2nc3c(cc2C(=O)O)CCC3)C(C)CO1. The van der Waals surface area contributed by atoms with Crippen molar-refractivity contribution in [2.45, 2.75) is 45.3 Å². The third-order valence-electron chi connectivity index (χ3n) is 4.14. The number of morpholine rings is 1. The lowest BCUT2D eigenvalue weighted by molar-refractivity contribution is 0.0338. The molecule has 0 spiro atoms. The van der Waals surface area contributed by atoms with Gasteiger partial charge in [0.15, 0.2) is 0 Å². The number of carboxylic acid groups (broad SMARTS) is 1. The van der Waals surface area contributed by atoms with Gasteiger partial charge in [-0.1, -0.05) is 0 Å². The van der Waals surface area contributed by atoms with Crippen LogP contribution in [0.2, 0.25) is 0 Å². The molecule has 1 aliphatic heterocycles. The van der Waals surface area contributed by atoms with Gasteiger partial charge in [0.05, 0.1) is 18.8 Å². The average Bonchev–Trinajstić information content (AvgIpc) is 2.87. The first-order valence-electron chi connectivity index (χ1n) is 7.20. The third kappa shape index (κ3) is 2.26. The van der Waals surface area contributed by atoms with Gasteiger partial charge in [0.2, 0.25) is 0 Å². The molecule has 20 heavy (non-hydrogen) atoms. The van der Waals surface area contributed by atoms with Crippen LogP contribution in [0.25, 0.3) is 0 Å². The molecule has 0 radical (unpaired) electrons. The predicted octanol–water partition coefficient (Wildman–Crippen LogP) is 1.88. The predicted molar refractivity (Wildman–Crippen MR) is 75.4 cm³/mol. The maximum Gasteiger partial charge on any atom is 0.339 e. The van der Waals surface area contributed by atoms with Crippen LogP contribution in [0.1, 0.15) is 41.9 Å². The number of nitrogens with zero attached hydrogens (tertiary/aromatic N) is 2. The molecule has 0 bridgehead atoms. The smallest absolute Gasteiger partial charge is 0.339 e. The molecule has 2 atom stereocenters. The van der Waals surface area contributed by atoms with Crippen LogP contribution < -0.4 is 4.90 Å². The molecule has 5 heteroatoms. The average molecular weight is 276 g/mol. The van der Waals surface area contributed by atoms with E-state index in [0.717, 1.165) is 30.5 Å². The van der Waals surface area contributed by atoms with Gasteiger partial charge >= 0.3 is 5.97 Å². The number of carboxylic acids is 1. The van der Waals surface area contributed by atoms with E-state index in [-0.39, 0.29) is 12.1 Å². The number of aromatic carboxylic acids is 1. The molecule has 0 saturated carbocycles. The van der Waals surface area contributed by atoms with Gasteiger partial charge in [0.25, 0.3) is 0 Å². The molecule has 1 saturated heterocycles. The van der Waals surface area contributed by atoms with Crippen molar-refractivity contribution >= 4 is 11.8 Å². The number of hydrogen-bond acceptors (Lipinski definition) is 4. The zero-order valence-corrected chi connectivity index (χ0v) is 11.9. The van der Waals surface area contributed by atoms with E-state index in [1.54, 1.807) is 0 Å². The lowest BCUT2D eigenvalue weighted by atomic mass is 10.1. The number of rotatable bonds is 2. The van der Waals surface area contributed by atoms with Crippen LogP contribution in [0.4, 0.5) is 5.82 Å². The molecule has 2 aliphatic rings. The van der Waals surface area contributed by atoms with Gasteiger partial charge in [-0.3, -0.25) is 0 Å². The number of ether oxygens (including phenoxy) is 1. The maximum atomic E-state index is 11.6. The summed E-state index contributed by atoms with van der Waals surface area (Å²) in [6.07, 6.45) is 3.07. The summed E-state index contributed by atoms with van der Waals surface area (Å²) in [4.78, 5) is 18.3. The topological polar surface area (TPSA) is 62.7 Å². The molecule has 1 N–H and O–H groups in total. The van der Waals surface area contributed by atoms with Gasteiger partial charge < -0.3 is 14.7 Å². The first-order chi connectivity index (χ1) is 9.56. The second-order valence-electron chi connectivity index (χ2n) is 5.77. The summed E-state index contributed by atoms with van der Waals surface area (Å²) in [6.45, 7) is 5.35. The van der Waals surface area contributed by atoms with Crippen LogP contribution in [0.15, 0.2) is 6.07 Å². The van der Waals surface area contributed by atoms with E-state index in [4.69, 9.17) is 4.74 Å². The Hall–Kier alpha value is -1.62. The minimum atomic E-state index is -0.895. The fourth-order valence-corrected chi connectivity index (χ4v) is 3.04. The van der Waals surface area contributed by atoms with Crippen molar-refractivity contribution in [3.05, 3.63) is 22.9 Å². The summed E-state index contributed by atoms with van der Waals surface area (Å²) >= 11 is 0.